The van der Waals surface area contributed by atoms with Gasteiger partial charge in [0, 0.05) is 26.2 Å². The van der Waals surface area contributed by atoms with Crippen molar-refractivity contribution in [1.82, 2.24) is 14.2 Å². The summed E-state index contributed by atoms with van der Waals surface area (Å²) < 4.78 is 38.8. The van der Waals surface area contributed by atoms with Crippen LogP contribution >= 0.6 is 0 Å². The number of hydrogen-bond acceptors (Lipinski definition) is 4. The van der Waals surface area contributed by atoms with Crippen molar-refractivity contribution >= 4 is 15.9 Å². The second-order valence-electron chi connectivity index (χ2n) is 5.75. The molecule has 6 nitrogen and oxygen atoms in total. The van der Waals surface area contributed by atoms with Crippen LogP contribution in [0.4, 0.5) is 4.39 Å². The minimum atomic E-state index is -3.19. The van der Waals surface area contributed by atoms with Crippen molar-refractivity contribution in [2.24, 2.45) is 0 Å². The van der Waals surface area contributed by atoms with Crippen molar-refractivity contribution in [2.75, 3.05) is 26.2 Å². The molecule has 2 heterocycles. The van der Waals surface area contributed by atoms with Crippen LogP contribution in [0.5, 0.6) is 0 Å². The molecular weight excluding hydrogens is 309 g/mol. The molecule has 8 heteroatoms. The Morgan fingerprint density at radius 3 is 2.45 bits per heavy atom. The number of aryl methyl sites for hydroxylation is 1. The Kier molecular flexibility index (Phi) is 3.90. The van der Waals surface area contributed by atoms with Gasteiger partial charge in [-0.3, -0.25) is 4.79 Å². The number of sulfonamides is 1. The van der Waals surface area contributed by atoms with E-state index in [9.17, 15) is 17.6 Å². The highest BCUT2D eigenvalue weighted by molar-refractivity contribution is 7.90. The standard InChI is InChI=1S/C14H18FN3O3S/c1-10-8-11(15)9-16-13(10)14(19)17-4-6-18(7-5-17)22(20,21)12-2-3-12/h8-9,12H,2-7H2,1H3. The highest BCUT2D eigenvalue weighted by Gasteiger charge is 2.41. The lowest BCUT2D eigenvalue weighted by molar-refractivity contribution is 0.0691. The number of pyridine rings is 1. The maximum Gasteiger partial charge on any atom is 0.272 e. The van der Waals surface area contributed by atoms with Gasteiger partial charge in [0.25, 0.3) is 5.91 Å². The fourth-order valence-corrected chi connectivity index (χ4v) is 4.46. The summed E-state index contributed by atoms with van der Waals surface area (Å²) in [4.78, 5) is 17.8. The summed E-state index contributed by atoms with van der Waals surface area (Å²) in [6.07, 6.45) is 2.49. The van der Waals surface area contributed by atoms with Crippen molar-refractivity contribution in [3.05, 3.63) is 29.3 Å². The lowest BCUT2D eigenvalue weighted by Crippen LogP contribution is -2.51. The number of aromatic nitrogens is 1. The molecule has 0 atom stereocenters. The molecule has 1 aliphatic heterocycles. The summed E-state index contributed by atoms with van der Waals surface area (Å²) in [5, 5.41) is -0.226. The molecule has 0 radical (unpaired) electrons. The molecule has 1 amide bonds. The Bertz CT molecular complexity index is 695. The first-order valence-electron chi connectivity index (χ1n) is 7.30. The summed E-state index contributed by atoms with van der Waals surface area (Å²) in [5.41, 5.74) is 0.706. The average Bonchev–Trinajstić information content (AvgIpc) is 3.32. The van der Waals surface area contributed by atoms with Crippen molar-refractivity contribution < 1.29 is 17.6 Å². The summed E-state index contributed by atoms with van der Waals surface area (Å²) in [6, 6.07) is 1.27. The van der Waals surface area contributed by atoms with Crippen LogP contribution < -0.4 is 0 Å². The molecule has 0 bridgehead atoms. The molecule has 1 aliphatic carbocycles. The first kappa shape index (κ1) is 15.4. The van der Waals surface area contributed by atoms with Crippen LogP contribution in [0.3, 0.4) is 0 Å². The smallest absolute Gasteiger partial charge is 0.272 e. The predicted octanol–water partition coefficient (Wildman–Crippen LogP) is 0.779. The molecule has 0 aromatic carbocycles. The highest BCUT2D eigenvalue weighted by atomic mass is 32.2. The highest BCUT2D eigenvalue weighted by Crippen LogP contribution is 2.31. The fourth-order valence-electron chi connectivity index (χ4n) is 2.64. The third-order valence-corrected chi connectivity index (χ3v) is 6.48. The SMILES string of the molecule is Cc1cc(F)cnc1C(=O)N1CCN(S(=O)(=O)C2CC2)CC1. The van der Waals surface area contributed by atoms with Crippen molar-refractivity contribution in [3.63, 3.8) is 0 Å². The molecule has 22 heavy (non-hydrogen) atoms. The molecule has 1 aromatic heterocycles. The third kappa shape index (κ3) is 2.85. The topological polar surface area (TPSA) is 70.6 Å². The van der Waals surface area contributed by atoms with E-state index >= 15 is 0 Å². The van der Waals surface area contributed by atoms with Crippen LogP contribution in [-0.4, -0.2) is 59.9 Å². The Morgan fingerprint density at radius 2 is 1.91 bits per heavy atom. The van der Waals surface area contributed by atoms with Crippen molar-refractivity contribution in [2.45, 2.75) is 25.0 Å². The fraction of sp³-hybridized carbons (Fsp3) is 0.571. The molecule has 1 saturated heterocycles. The van der Waals surface area contributed by atoms with Gasteiger partial charge in [0.15, 0.2) is 0 Å². The minimum absolute atomic E-state index is 0.222. The zero-order valence-electron chi connectivity index (χ0n) is 12.3. The number of nitrogens with zero attached hydrogens (tertiary/aromatic N) is 3. The zero-order chi connectivity index (χ0) is 15.9. The van der Waals surface area contributed by atoms with E-state index in [0.717, 1.165) is 19.0 Å². The third-order valence-electron chi connectivity index (χ3n) is 4.08. The minimum Gasteiger partial charge on any atom is -0.335 e. The Morgan fingerprint density at radius 1 is 1.27 bits per heavy atom. The van der Waals surface area contributed by atoms with Crippen LogP contribution in [0.25, 0.3) is 0 Å². The molecular formula is C14H18FN3O3S. The van der Waals surface area contributed by atoms with E-state index in [4.69, 9.17) is 0 Å². The number of piperazine rings is 1. The maximum atomic E-state index is 13.1. The van der Waals surface area contributed by atoms with E-state index in [1.807, 2.05) is 0 Å². The second-order valence-corrected chi connectivity index (χ2v) is 7.97. The van der Waals surface area contributed by atoms with Crippen LogP contribution in [-0.2, 0) is 10.0 Å². The van der Waals surface area contributed by atoms with E-state index in [1.54, 1.807) is 11.8 Å². The number of amides is 1. The first-order valence-corrected chi connectivity index (χ1v) is 8.80. The van der Waals surface area contributed by atoms with Crippen LogP contribution in [0.2, 0.25) is 0 Å². The van der Waals surface area contributed by atoms with Gasteiger partial charge in [-0.05, 0) is 31.4 Å². The quantitative estimate of drug-likeness (QED) is 0.822. The van der Waals surface area contributed by atoms with Gasteiger partial charge in [0.1, 0.15) is 11.5 Å². The zero-order valence-corrected chi connectivity index (χ0v) is 13.1. The molecule has 0 unspecified atom stereocenters. The number of rotatable bonds is 3. The molecule has 1 aromatic rings. The van der Waals surface area contributed by atoms with Gasteiger partial charge in [-0.25, -0.2) is 17.8 Å². The van der Waals surface area contributed by atoms with Gasteiger partial charge in [0.05, 0.1) is 11.4 Å². The van der Waals surface area contributed by atoms with Crippen molar-refractivity contribution in [1.29, 1.82) is 0 Å². The first-order chi connectivity index (χ1) is 10.4. The summed E-state index contributed by atoms with van der Waals surface area (Å²) in [5.74, 6) is -0.754. The summed E-state index contributed by atoms with van der Waals surface area (Å²) >= 11 is 0. The van der Waals surface area contributed by atoms with E-state index in [1.165, 1.54) is 10.4 Å². The largest absolute Gasteiger partial charge is 0.335 e. The Balaban J connectivity index is 1.67. The molecule has 0 N–H and O–H groups in total. The monoisotopic (exact) mass is 327 g/mol. The number of carbonyl (C=O) groups excluding carboxylic acids is 1. The lowest BCUT2D eigenvalue weighted by Gasteiger charge is -2.34. The van der Waals surface area contributed by atoms with Gasteiger partial charge < -0.3 is 4.90 Å². The summed E-state index contributed by atoms with van der Waals surface area (Å²) in [6.45, 7) is 2.93. The molecule has 2 fully saturated rings. The van der Waals surface area contributed by atoms with E-state index < -0.39 is 15.8 Å². The van der Waals surface area contributed by atoms with Crippen LogP contribution in [0.15, 0.2) is 12.3 Å². The average molecular weight is 327 g/mol. The van der Waals surface area contributed by atoms with Crippen molar-refractivity contribution in [3.8, 4) is 0 Å². The van der Waals surface area contributed by atoms with Gasteiger partial charge in [-0.2, -0.15) is 4.31 Å². The van der Waals surface area contributed by atoms with E-state index in [0.29, 0.717) is 31.7 Å². The van der Waals surface area contributed by atoms with Gasteiger partial charge >= 0.3 is 0 Å². The molecule has 1 saturated carbocycles. The predicted molar refractivity (Wildman–Crippen MR) is 78.4 cm³/mol. The molecule has 0 spiro atoms. The number of carbonyl (C=O) groups is 1. The van der Waals surface area contributed by atoms with Crippen LogP contribution in [0.1, 0.15) is 28.9 Å². The molecule has 2 aliphatic rings. The molecule has 120 valence electrons. The molecule has 3 rings (SSSR count). The Labute approximate surface area is 129 Å². The van der Waals surface area contributed by atoms with Gasteiger partial charge in [0.2, 0.25) is 10.0 Å². The number of hydrogen-bond donors (Lipinski definition) is 0. The van der Waals surface area contributed by atoms with E-state index in [2.05, 4.69) is 4.98 Å². The van der Waals surface area contributed by atoms with Gasteiger partial charge in [-0.1, -0.05) is 0 Å². The summed E-state index contributed by atoms with van der Waals surface area (Å²) in [7, 11) is -3.19. The lowest BCUT2D eigenvalue weighted by atomic mass is 10.2. The van der Waals surface area contributed by atoms with Gasteiger partial charge in [-0.15, -0.1) is 0 Å². The number of halogens is 1. The maximum absolute atomic E-state index is 13.1. The Hall–Kier alpha value is -1.54. The second kappa shape index (κ2) is 5.58. The van der Waals surface area contributed by atoms with Crippen LogP contribution in [0, 0.1) is 12.7 Å². The normalized spacial score (nSPS) is 20.2. The van der Waals surface area contributed by atoms with E-state index in [-0.39, 0.29) is 16.9 Å².